The molecule has 1 saturated heterocycles. The number of nitrogens with one attached hydrogen (secondary N) is 1. The van der Waals surface area contributed by atoms with Crippen LogP contribution in [0.2, 0.25) is 0 Å². The Bertz CT molecular complexity index is 1250. The van der Waals surface area contributed by atoms with Crippen LogP contribution in [0.3, 0.4) is 0 Å². The maximum atomic E-state index is 12.8. The Morgan fingerprint density at radius 1 is 1.16 bits per heavy atom. The van der Waals surface area contributed by atoms with Gasteiger partial charge in [0.2, 0.25) is 0 Å². The highest BCUT2D eigenvalue weighted by Crippen LogP contribution is 2.37. The van der Waals surface area contributed by atoms with Crippen molar-refractivity contribution >= 4 is 69.1 Å². The summed E-state index contributed by atoms with van der Waals surface area (Å²) < 4.78 is 17.2. The fraction of sp³-hybridized carbons (Fsp3) is 0.308. The summed E-state index contributed by atoms with van der Waals surface area (Å²) in [7, 11) is 0. The van der Waals surface area contributed by atoms with Crippen LogP contribution in [0.25, 0.3) is 6.08 Å². The van der Waals surface area contributed by atoms with Crippen LogP contribution in [0.4, 0.5) is 10.5 Å². The molecule has 0 atom stereocenters. The van der Waals surface area contributed by atoms with E-state index in [4.69, 9.17) is 14.2 Å². The monoisotopic (exact) mass is 638 g/mol. The number of ether oxygens (including phenoxy) is 3. The number of aryl methyl sites for hydroxylation is 1. The van der Waals surface area contributed by atoms with Crippen molar-refractivity contribution in [2.45, 2.75) is 33.8 Å². The molecule has 1 aliphatic heterocycles. The molecule has 0 saturated carbocycles. The van der Waals surface area contributed by atoms with Crippen LogP contribution >= 0.6 is 34.4 Å². The van der Waals surface area contributed by atoms with Gasteiger partial charge in [-0.05, 0) is 104 Å². The molecule has 3 rings (SSSR count). The van der Waals surface area contributed by atoms with Crippen LogP contribution < -0.4 is 14.8 Å². The minimum absolute atomic E-state index is 0.173. The molecule has 1 aliphatic rings. The zero-order chi connectivity index (χ0) is 27.1. The van der Waals surface area contributed by atoms with Crippen LogP contribution in [0, 0.1) is 10.5 Å². The highest BCUT2D eigenvalue weighted by Gasteiger charge is 2.37. The number of imide groups is 1. The number of amides is 3. The molecule has 0 spiro atoms. The van der Waals surface area contributed by atoms with Gasteiger partial charge in [-0.3, -0.25) is 24.1 Å². The zero-order valence-electron chi connectivity index (χ0n) is 20.8. The van der Waals surface area contributed by atoms with Gasteiger partial charge in [0.15, 0.2) is 18.1 Å². The van der Waals surface area contributed by atoms with Crippen LogP contribution in [0.1, 0.15) is 31.9 Å². The maximum absolute atomic E-state index is 12.8. The topological polar surface area (TPSA) is 111 Å². The lowest BCUT2D eigenvalue weighted by atomic mass is 10.2. The van der Waals surface area contributed by atoms with E-state index in [1.165, 1.54) is 0 Å². The number of halogens is 1. The lowest BCUT2D eigenvalue weighted by molar-refractivity contribution is -0.149. The largest absolute Gasteiger partial charge is 0.490 e. The summed E-state index contributed by atoms with van der Waals surface area (Å²) in [6.07, 6.45) is 1.20. The molecule has 1 fully saturated rings. The number of hydrogen-bond acceptors (Lipinski definition) is 8. The normalized spacial score (nSPS) is 14.3. The smallest absolute Gasteiger partial charge is 0.326 e. The van der Waals surface area contributed by atoms with Crippen molar-refractivity contribution in [1.29, 1.82) is 0 Å². The van der Waals surface area contributed by atoms with Gasteiger partial charge in [0.25, 0.3) is 17.1 Å². The van der Waals surface area contributed by atoms with Gasteiger partial charge in [0.1, 0.15) is 6.54 Å². The van der Waals surface area contributed by atoms with E-state index in [2.05, 4.69) is 27.9 Å². The Hall–Kier alpha value is -3.06. The van der Waals surface area contributed by atoms with Gasteiger partial charge in [0.05, 0.1) is 21.2 Å². The molecule has 3 amide bonds. The first-order valence-corrected chi connectivity index (χ1v) is 13.4. The van der Waals surface area contributed by atoms with Gasteiger partial charge >= 0.3 is 5.97 Å². The van der Waals surface area contributed by atoms with Crippen molar-refractivity contribution in [2.24, 2.45) is 0 Å². The summed E-state index contributed by atoms with van der Waals surface area (Å²) >= 11 is 2.80. The van der Waals surface area contributed by atoms with E-state index < -0.39 is 23.7 Å². The molecular formula is C26H27IN2O7S. The zero-order valence-corrected chi connectivity index (χ0v) is 23.8. The number of thioether (sulfide) groups is 1. The van der Waals surface area contributed by atoms with Crippen LogP contribution in [-0.2, 0) is 19.1 Å². The lowest BCUT2D eigenvalue weighted by Crippen LogP contribution is -2.35. The standard InChI is InChI=1S/C26H27IN2O7S/c1-5-34-20-11-17(12-21-25(32)29(26(33)37-21)13-23(31)36-15(2)3)10-19(27)24(20)35-14-22(30)28-18-8-6-7-16(4)9-18/h6-12,15H,5,13-14H2,1-4H3,(H,28,30)/b21-12-. The summed E-state index contributed by atoms with van der Waals surface area (Å²) in [5, 5.41) is 2.25. The SMILES string of the molecule is CCOc1cc(/C=C2\SC(=O)N(CC(=O)OC(C)C)C2=O)cc(I)c1OCC(=O)Nc1cccc(C)c1. The first kappa shape index (κ1) is 28.5. The van der Waals surface area contributed by atoms with Crippen LogP contribution in [0.5, 0.6) is 11.5 Å². The average Bonchev–Trinajstić information content (AvgIpc) is 3.05. The third kappa shape index (κ3) is 7.96. The van der Waals surface area contributed by atoms with Crippen molar-refractivity contribution in [3.8, 4) is 11.5 Å². The molecule has 2 aromatic carbocycles. The van der Waals surface area contributed by atoms with Crippen molar-refractivity contribution in [3.05, 3.63) is 56.0 Å². The number of nitrogens with zero attached hydrogens (tertiary/aromatic N) is 1. The quantitative estimate of drug-likeness (QED) is 0.220. The van der Waals surface area contributed by atoms with E-state index in [0.717, 1.165) is 22.2 Å². The van der Waals surface area contributed by atoms with Gasteiger partial charge in [-0.25, -0.2) is 0 Å². The van der Waals surface area contributed by atoms with E-state index in [1.807, 2.05) is 32.0 Å². The minimum Gasteiger partial charge on any atom is -0.490 e. The fourth-order valence-electron chi connectivity index (χ4n) is 3.35. The van der Waals surface area contributed by atoms with Crippen molar-refractivity contribution in [2.75, 3.05) is 25.1 Å². The summed E-state index contributed by atoms with van der Waals surface area (Å²) in [6.45, 7) is 6.80. The number of anilines is 1. The second-order valence-electron chi connectivity index (χ2n) is 8.28. The van der Waals surface area contributed by atoms with Gasteiger partial charge in [-0.15, -0.1) is 0 Å². The van der Waals surface area contributed by atoms with Crippen LogP contribution in [-0.4, -0.2) is 53.8 Å². The second-order valence-corrected chi connectivity index (χ2v) is 10.4. The lowest BCUT2D eigenvalue weighted by Gasteiger charge is -2.15. The van der Waals surface area contributed by atoms with Gasteiger partial charge in [-0.1, -0.05) is 12.1 Å². The first-order valence-electron chi connectivity index (χ1n) is 11.5. The van der Waals surface area contributed by atoms with Crippen molar-refractivity contribution < 1.29 is 33.4 Å². The Morgan fingerprint density at radius 3 is 2.59 bits per heavy atom. The molecule has 0 radical (unpaired) electrons. The Balaban J connectivity index is 1.74. The predicted octanol–water partition coefficient (Wildman–Crippen LogP) is 5.00. The van der Waals surface area contributed by atoms with Gasteiger partial charge in [-0.2, -0.15) is 0 Å². The van der Waals surface area contributed by atoms with E-state index in [0.29, 0.717) is 32.9 Å². The third-order valence-electron chi connectivity index (χ3n) is 4.81. The van der Waals surface area contributed by atoms with E-state index in [9.17, 15) is 19.2 Å². The Morgan fingerprint density at radius 2 is 1.92 bits per heavy atom. The Labute approximate surface area is 233 Å². The van der Waals surface area contributed by atoms with Gasteiger partial charge in [0, 0.05) is 5.69 Å². The maximum Gasteiger partial charge on any atom is 0.326 e. The highest BCUT2D eigenvalue weighted by atomic mass is 127. The number of benzene rings is 2. The van der Waals surface area contributed by atoms with Gasteiger partial charge < -0.3 is 19.5 Å². The average molecular weight is 638 g/mol. The minimum atomic E-state index is -0.653. The third-order valence-corrected chi connectivity index (χ3v) is 6.52. The molecule has 0 unspecified atom stereocenters. The molecule has 1 N–H and O–H groups in total. The summed E-state index contributed by atoms with van der Waals surface area (Å²) in [4.78, 5) is 50.5. The molecule has 196 valence electrons. The number of carbonyl (C=O) groups excluding carboxylic acids is 4. The molecular weight excluding hydrogens is 611 g/mol. The summed E-state index contributed by atoms with van der Waals surface area (Å²) in [5.74, 6) is -0.763. The number of carbonyl (C=O) groups is 4. The number of hydrogen-bond donors (Lipinski definition) is 1. The predicted molar refractivity (Wildman–Crippen MR) is 150 cm³/mol. The van der Waals surface area contributed by atoms with E-state index in [-0.39, 0.29) is 23.5 Å². The van der Waals surface area contributed by atoms with E-state index >= 15 is 0 Å². The molecule has 1 heterocycles. The second kappa shape index (κ2) is 13.0. The van der Waals surface area contributed by atoms with Crippen LogP contribution in [0.15, 0.2) is 41.3 Å². The van der Waals surface area contributed by atoms with Crippen molar-refractivity contribution in [3.63, 3.8) is 0 Å². The molecule has 0 aliphatic carbocycles. The molecule has 37 heavy (non-hydrogen) atoms. The summed E-state index contributed by atoms with van der Waals surface area (Å²) in [6, 6.07) is 10.9. The fourth-order valence-corrected chi connectivity index (χ4v) is 4.97. The molecule has 0 aromatic heterocycles. The van der Waals surface area contributed by atoms with E-state index in [1.54, 1.807) is 38.1 Å². The molecule has 11 heteroatoms. The number of rotatable bonds is 10. The first-order chi connectivity index (χ1) is 17.6. The van der Waals surface area contributed by atoms with Crippen molar-refractivity contribution in [1.82, 2.24) is 4.90 Å². The molecule has 9 nitrogen and oxygen atoms in total. The number of esters is 1. The Kier molecular flexibility index (Phi) is 9.98. The molecule has 0 bridgehead atoms. The highest BCUT2D eigenvalue weighted by molar-refractivity contribution is 14.1. The summed E-state index contributed by atoms with van der Waals surface area (Å²) in [5.41, 5.74) is 2.30. The molecule has 2 aromatic rings.